The van der Waals surface area contributed by atoms with Crippen molar-refractivity contribution >= 4 is 21.8 Å². The van der Waals surface area contributed by atoms with Crippen molar-refractivity contribution in [3.8, 4) is 0 Å². The molecule has 27 heavy (non-hydrogen) atoms. The van der Waals surface area contributed by atoms with E-state index in [1.54, 1.807) is 29.2 Å². The summed E-state index contributed by atoms with van der Waals surface area (Å²) in [5, 5.41) is 2.55. The summed E-state index contributed by atoms with van der Waals surface area (Å²) in [5.74, 6) is -0.624. The number of sulfonamides is 1. The lowest BCUT2D eigenvalue weighted by Crippen LogP contribution is -2.53. The van der Waals surface area contributed by atoms with Crippen LogP contribution in [0.2, 0.25) is 0 Å². The highest BCUT2D eigenvalue weighted by Gasteiger charge is 2.30. The molecule has 1 fully saturated rings. The molecule has 0 spiro atoms. The number of aryl methyl sites for hydroxylation is 1. The third kappa shape index (κ3) is 5.27. The Morgan fingerprint density at radius 3 is 2.19 bits per heavy atom. The van der Waals surface area contributed by atoms with E-state index >= 15 is 0 Å². The van der Waals surface area contributed by atoms with Crippen molar-refractivity contribution in [3.05, 3.63) is 29.8 Å². The summed E-state index contributed by atoms with van der Waals surface area (Å²) in [6, 6.07) is 6.05. The van der Waals surface area contributed by atoms with Crippen LogP contribution in [0.3, 0.4) is 0 Å². The maximum Gasteiger partial charge on any atom is 0.243 e. The van der Waals surface area contributed by atoms with Crippen molar-refractivity contribution in [2.45, 2.75) is 31.7 Å². The van der Waals surface area contributed by atoms with E-state index in [1.165, 1.54) is 4.31 Å². The zero-order valence-corrected chi connectivity index (χ0v) is 16.8. The number of rotatable bonds is 6. The number of benzene rings is 1. The fraction of sp³-hybridized carbons (Fsp3) is 0.556. The van der Waals surface area contributed by atoms with Crippen LogP contribution in [0.1, 0.15) is 19.4 Å². The van der Waals surface area contributed by atoms with Crippen molar-refractivity contribution in [2.75, 3.05) is 32.7 Å². The predicted molar refractivity (Wildman–Crippen MR) is 102 cm³/mol. The number of nitrogens with one attached hydrogen (secondary N) is 1. The zero-order chi connectivity index (χ0) is 20.2. The number of piperazine rings is 1. The summed E-state index contributed by atoms with van der Waals surface area (Å²) >= 11 is 0. The number of nitrogens with zero attached hydrogens (tertiary/aromatic N) is 2. The topological polar surface area (TPSA) is 113 Å². The monoisotopic (exact) mass is 396 g/mol. The van der Waals surface area contributed by atoms with Crippen LogP contribution in [0.4, 0.5) is 0 Å². The molecule has 3 N–H and O–H groups in total. The first kappa shape index (κ1) is 21.3. The molecule has 150 valence electrons. The highest BCUT2D eigenvalue weighted by Crippen LogP contribution is 2.18. The molecule has 0 unspecified atom stereocenters. The molecule has 1 saturated heterocycles. The number of hydrogen-bond acceptors (Lipinski definition) is 5. The van der Waals surface area contributed by atoms with Crippen LogP contribution in [-0.4, -0.2) is 68.2 Å². The molecule has 1 atom stereocenters. The van der Waals surface area contributed by atoms with E-state index in [0.717, 1.165) is 5.56 Å². The van der Waals surface area contributed by atoms with E-state index in [1.807, 2.05) is 20.8 Å². The molecule has 1 aliphatic rings. The van der Waals surface area contributed by atoms with Gasteiger partial charge in [-0.3, -0.25) is 9.59 Å². The molecule has 1 aromatic rings. The Morgan fingerprint density at radius 1 is 1.11 bits per heavy atom. The lowest BCUT2D eigenvalue weighted by molar-refractivity contribution is -0.134. The Bertz CT molecular complexity index is 769. The van der Waals surface area contributed by atoms with E-state index in [0.29, 0.717) is 0 Å². The number of carbonyl (C=O) groups excluding carboxylic acids is 2. The van der Waals surface area contributed by atoms with Gasteiger partial charge in [0.1, 0.15) is 0 Å². The van der Waals surface area contributed by atoms with E-state index in [-0.39, 0.29) is 55.4 Å². The van der Waals surface area contributed by atoms with Crippen molar-refractivity contribution in [1.82, 2.24) is 14.5 Å². The first-order valence-electron chi connectivity index (χ1n) is 9.01. The summed E-state index contributed by atoms with van der Waals surface area (Å²) in [5.41, 5.74) is 6.73. The molecule has 0 aliphatic carbocycles. The molecule has 2 rings (SSSR count). The van der Waals surface area contributed by atoms with Gasteiger partial charge >= 0.3 is 0 Å². The summed E-state index contributed by atoms with van der Waals surface area (Å²) in [6.45, 7) is 6.45. The van der Waals surface area contributed by atoms with Crippen LogP contribution in [0, 0.1) is 12.8 Å². The van der Waals surface area contributed by atoms with Gasteiger partial charge in [-0.1, -0.05) is 31.5 Å². The smallest absolute Gasteiger partial charge is 0.243 e. The molecule has 0 saturated carbocycles. The molecule has 1 aliphatic heterocycles. The van der Waals surface area contributed by atoms with Gasteiger partial charge in [-0.05, 0) is 25.0 Å². The Hall–Kier alpha value is -1.97. The van der Waals surface area contributed by atoms with Crippen molar-refractivity contribution in [2.24, 2.45) is 11.7 Å². The molecular formula is C18H28N4O4S. The van der Waals surface area contributed by atoms with Gasteiger partial charge in [0, 0.05) is 26.2 Å². The van der Waals surface area contributed by atoms with E-state index in [9.17, 15) is 18.0 Å². The maximum atomic E-state index is 12.7. The Labute approximate surface area is 160 Å². The second kappa shape index (κ2) is 8.81. The largest absolute Gasteiger partial charge is 0.346 e. The van der Waals surface area contributed by atoms with Crippen molar-refractivity contribution < 1.29 is 18.0 Å². The molecule has 1 heterocycles. The molecule has 0 radical (unpaired) electrons. The van der Waals surface area contributed by atoms with Crippen LogP contribution in [-0.2, 0) is 19.6 Å². The van der Waals surface area contributed by atoms with Gasteiger partial charge in [0.25, 0.3) is 0 Å². The molecule has 8 nitrogen and oxygen atoms in total. The van der Waals surface area contributed by atoms with Gasteiger partial charge in [0.05, 0.1) is 17.5 Å². The second-order valence-electron chi connectivity index (χ2n) is 7.09. The van der Waals surface area contributed by atoms with E-state index in [4.69, 9.17) is 5.73 Å². The summed E-state index contributed by atoms with van der Waals surface area (Å²) in [7, 11) is -3.57. The number of carbonyl (C=O) groups is 2. The molecule has 9 heteroatoms. The SMILES string of the molecule is Cc1ccc(S(=O)(=O)N2CCN(C(=O)CNC(=O)[C@@H](N)C(C)C)CC2)cc1. The average Bonchev–Trinajstić information content (AvgIpc) is 2.65. The van der Waals surface area contributed by atoms with Crippen LogP contribution in [0.5, 0.6) is 0 Å². The molecule has 2 amide bonds. The van der Waals surface area contributed by atoms with Gasteiger partial charge in [-0.2, -0.15) is 4.31 Å². The van der Waals surface area contributed by atoms with Gasteiger partial charge in [-0.15, -0.1) is 0 Å². The normalized spacial score (nSPS) is 17.0. The minimum absolute atomic E-state index is 0.0179. The van der Waals surface area contributed by atoms with Gasteiger partial charge in [0.15, 0.2) is 0 Å². The molecular weight excluding hydrogens is 368 g/mol. The number of amides is 2. The Balaban J connectivity index is 1.88. The third-order valence-corrected chi connectivity index (χ3v) is 6.60. The standard InChI is InChI=1S/C18H28N4O4S/c1-13(2)17(19)18(24)20-12-16(23)21-8-10-22(11-9-21)27(25,26)15-6-4-14(3)5-7-15/h4-7,13,17H,8-12,19H2,1-3H3,(H,20,24)/t17-/m0/s1. The van der Waals surface area contributed by atoms with Gasteiger partial charge < -0.3 is 16.0 Å². The minimum Gasteiger partial charge on any atom is -0.346 e. The fourth-order valence-electron chi connectivity index (χ4n) is 2.73. The molecule has 0 bridgehead atoms. The van der Waals surface area contributed by atoms with E-state index < -0.39 is 16.1 Å². The van der Waals surface area contributed by atoms with Gasteiger partial charge in [-0.25, -0.2) is 8.42 Å². The lowest BCUT2D eigenvalue weighted by Gasteiger charge is -2.34. The zero-order valence-electron chi connectivity index (χ0n) is 16.0. The quantitative estimate of drug-likeness (QED) is 0.699. The maximum absolute atomic E-state index is 12.7. The highest BCUT2D eigenvalue weighted by atomic mass is 32.2. The average molecular weight is 397 g/mol. The van der Waals surface area contributed by atoms with Crippen LogP contribution in [0.15, 0.2) is 29.2 Å². The summed E-state index contributed by atoms with van der Waals surface area (Å²) in [4.78, 5) is 25.9. The Morgan fingerprint density at radius 2 is 1.67 bits per heavy atom. The van der Waals surface area contributed by atoms with Gasteiger partial charge in [0.2, 0.25) is 21.8 Å². The van der Waals surface area contributed by atoms with Crippen molar-refractivity contribution in [3.63, 3.8) is 0 Å². The molecule has 0 aromatic heterocycles. The van der Waals surface area contributed by atoms with Crippen LogP contribution < -0.4 is 11.1 Å². The lowest BCUT2D eigenvalue weighted by atomic mass is 10.1. The Kier molecular flexibility index (Phi) is 6.96. The first-order valence-corrected chi connectivity index (χ1v) is 10.4. The summed E-state index contributed by atoms with van der Waals surface area (Å²) < 4.78 is 26.7. The second-order valence-corrected chi connectivity index (χ2v) is 9.02. The first-order chi connectivity index (χ1) is 12.6. The van der Waals surface area contributed by atoms with Crippen molar-refractivity contribution in [1.29, 1.82) is 0 Å². The number of hydrogen-bond donors (Lipinski definition) is 2. The third-order valence-electron chi connectivity index (χ3n) is 4.68. The van der Waals surface area contributed by atoms with E-state index in [2.05, 4.69) is 5.32 Å². The summed E-state index contributed by atoms with van der Waals surface area (Å²) in [6.07, 6.45) is 0. The number of nitrogens with two attached hydrogens (primary N) is 1. The van der Waals surface area contributed by atoms with Crippen LogP contribution in [0.25, 0.3) is 0 Å². The predicted octanol–water partition coefficient (Wildman–Crippen LogP) is -0.0726. The van der Waals surface area contributed by atoms with Crippen LogP contribution >= 0.6 is 0 Å². The fourth-order valence-corrected chi connectivity index (χ4v) is 4.15. The molecule has 1 aromatic carbocycles. The highest BCUT2D eigenvalue weighted by molar-refractivity contribution is 7.89. The minimum atomic E-state index is -3.57.